The zero-order valence-electron chi connectivity index (χ0n) is 14.5. The van der Waals surface area contributed by atoms with Crippen LogP contribution in [0.5, 0.6) is 5.75 Å². The number of hydrogen-bond acceptors (Lipinski definition) is 4. The van der Waals surface area contributed by atoms with E-state index >= 15 is 0 Å². The summed E-state index contributed by atoms with van der Waals surface area (Å²) in [6, 6.07) is 11.1. The number of carbonyl (C=O) groups excluding carboxylic acids is 1. The van der Waals surface area contributed by atoms with Gasteiger partial charge in [0.2, 0.25) is 0 Å². The minimum atomic E-state index is -0.0586. The summed E-state index contributed by atoms with van der Waals surface area (Å²) in [7, 11) is 3.39. The van der Waals surface area contributed by atoms with E-state index in [1.54, 1.807) is 31.1 Å². The summed E-state index contributed by atoms with van der Waals surface area (Å²) in [6.45, 7) is 0.366. The summed E-state index contributed by atoms with van der Waals surface area (Å²) in [5, 5.41) is 1.70. The monoisotopic (exact) mass is 484 g/mol. The third-order valence-electron chi connectivity index (χ3n) is 3.83. The van der Waals surface area contributed by atoms with Crippen LogP contribution in [0.4, 0.5) is 0 Å². The quantitative estimate of drug-likeness (QED) is 0.508. The van der Waals surface area contributed by atoms with E-state index in [-0.39, 0.29) is 5.91 Å². The van der Waals surface area contributed by atoms with Crippen molar-refractivity contribution in [3.05, 3.63) is 66.9 Å². The molecule has 0 spiro atoms. The lowest BCUT2D eigenvalue weighted by atomic mass is 10.2. The molecule has 1 aliphatic heterocycles. The van der Waals surface area contributed by atoms with Gasteiger partial charge in [-0.25, -0.2) is 0 Å². The number of likely N-dealkylation sites (N-methyl/N-ethyl adjacent to an activating group) is 1. The number of nitrogens with zero attached hydrogens (tertiary/aromatic N) is 2. The number of aliphatic imine (C=N–C) groups is 1. The number of carbonyl (C=O) groups is 1. The number of thioether (sulfide) groups is 1. The number of amidine groups is 1. The first-order chi connectivity index (χ1) is 12.9. The van der Waals surface area contributed by atoms with E-state index in [1.807, 2.05) is 30.3 Å². The molecule has 1 heterocycles. The van der Waals surface area contributed by atoms with Gasteiger partial charge in [0, 0.05) is 14.1 Å². The van der Waals surface area contributed by atoms with Crippen molar-refractivity contribution in [2.45, 2.75) is 6.61 Å². The topological polar surface area (TPSA) is 41.9 Å². The average Bonchev–Trinajstić information content (AvgIpc) is 2.91. The molecule has 0 unspecified atom stereocenters. The maximum atomic E-state index is 12.2. The van der Waals surface area contributed by atoms with Gasteiger partial charge >= 0.3 is 0 Å². The van der Waals surface area contributed by atoms with Crippen molar-refractivity contribution in [3.8, 4) is 5.75 Å². The van der Waals surface area contributed by atoms with Crippen LogP contribution in [0.1, 0.15) is 11.1 Å². The number of hydrogen-bond donors (Lipinski definition) is 0. The van der Waals surface area contributed by atoms with Crippen LogP contribution in [-0.4, -0.2) is 30.1 Å². The normalized spacial score (nSPS) is 17.2. The maximum absolute atomic E-state index is 12.2. The number of halogens is 3. The second kappa shape index (κ2) is 8.69. The van der Waals surface area contributed by atoms with E-state index in [4.69, 9.17) is 27.9 Å². The lowest BCUT2D eigenvalue weighted by Gasteiger charge is -2.10. The van der Waals surface area contributed by atoms with Crippen molar-refractivity contribution >= 4 is 68.0 Å². The van der Waals surface area contributed by atoms with Gasteiger partial charge in [-0.15, -0.1) is 0 Å². The Morgan fingerprint density at radius 3 is 2.63 bits per heavy atom. The lowest BCUT2D eigenvalue weighted by molar-refractivity contribution is -0.121. The number of rotatable bonds is 4. The van der Waals surface area contributed by atoms with Gasteiger partial charge in [0.1, 0.15) is 12.4 Å². The highest BCUT2D eigenvalue weighted by Gasteiger charge is 2.29. The molecule has 4 nitrogen and oxygen atoms in total. The smallest absolute Gasteiger partial charge is 0.266 e. The SMILES string of the molecule is CN=C1S/C(=C/c2ccc(OCc3ccc(Cl)c(Cl)c3)c(Br)c2)C(=O)N1C. The lowest BCUT2D eigenvalue weighted by Crippen LogP contribution is -2.23. The highest BCUT2D eigenvalue weighted by Crippen LogP contribution is 2.33. The number of amides is 1. The molecule has 8 heteroatoms. The summed E-state index contributed by atoms with van der Waals surface area (Å²) in [5.41, 5.74) is 1.82. The summed E-state index contributed by atoms with van der Waals surface area (Å²) >= 11 is 16.8. The molecule has 2 aromatic carbocycles. The molecular formula is C19H15BrCl2N2O2S. The van der Waals surface area contributed by atoms with E-state index in [2.05, 4.69) is 20.9 Å². The van der Waals surface area contributed by atoms with Crippen LogP contribution in [0.15, 0.2) is 50.8 Å². The molecule has 2 aromatic rings. The molecule has 1 fully saturated rings. The molecule has 0 bridgehead atoms. The summed E-state index contributed by atoms with van der Waals surface area (Å²) in [5.74, 6) is 0.637. The zero-order valence-corrected chi connectivity index (χ0v) is 18.4. The molecule has 27 heavy (non-hydrogen) atoms. The van der Waals surface area contributed by atoms with E-state index in [0.717, 1.165) is 15.6 Å². The molecule has 0 saturated carbocycles. The first kappa shape index (κ1) is 20.3. The first-order valence-corrected chi connectivity index (χ1v) is 10.3. The Kier molecular flexibility index (Phi) is 6.52. The molecular weight excluding hydrogens is 471 g/mol. The number of benzene rings is 2. The van der Waals surface area contributed by atoms with E-state index < -0.39 is 0 Å². The standard InChI is InChI=1S/C19H15BrCl2N2O2S/c1-23-19-24(2)18(25)17(27-19)9-11-4-6-16(13(20)7-11)26-10-12-3-5-14(21)15(22)8-12/h3-9H,10H2,1-2H3/b17-9+,23-19?. The van der Waals surface area contributed by atoms with Gasteiger partial charge in [-0.2, -0.15) is 0 Å². The Labute approximate surface area is 180 Å². The van der Waals surface area contributed by atoms with Crippen LogP contribution < -0.4 is 4.74 Å². The van der Waals surface area contributed by atoms with E-state index in [0.29, 0.717) is 32.5 Å². The van der Waals surface area contributed by atoms with Gasteiger partial charge in [0.25, 0.3) is 5.91 Å². The summed E-state index contributed by atoms with van der Waals surface area (Å²) < 4.78 is 6.64. The van der Waals surface area contributed by atoms with E-state index in [9.17, 15) is 4.79 Å². The molecule has 1 amide bonds. The summed E-state index contributed by atoms with van der Waals surface area (Å²) in [4.78, 5) is 18.5. The summed E-state index contributed by atoms with van der Waals surface area (Å²) in [6.07, 6.45) is 1.84. The molecule has 0 atom stereocenters. The third-order valence-corrected chi connectivity index (χ3v) is 6.34. The molecule has 140 valence electrons. The average molecular weight is 486 g/mol. The van der Waals surface area contributed by atoms with Gasteiger partial charge in [-0.05, 0) is 69.2 Å². The second-order valence-electron chi connectivity index (χ2n) is 5.71. The van der Waals surface area contributed by atoms with Gasteiger partial charge in [0.05, 0.1) is 19.4 Å². The van der Waals surface area contributed by atoms with Gasteiger partial charge < -0.3 is 4.74 Å². The highest BCUT2D eigenvalue weighted by molar-refractivity contribution is 9.10. The number of ether oxygens (including phenoxy) is 1. The van der Waals surface area contributed by atoms with Crippen LogP contribution in [0.25, 0.3) is 6.08 Å². The second-order valence-corrected chi connectivity index (χ2v) is 8.39. The van der Waals surface area contributed by atoms with Crippen molar-refractivity contribution in [1.82, 2.24) is 4.90 Å². The van der Waals surface area contributed by atoms with Gasteiger partial charge in [-0.3, -0.25) is 14.7 Å². The molecule has 0 N–H and O–H groups in total. The Balaban J connectivity index is 1.73. The molecule has 1 saturated heterocycles. The minimum Gasteiger partial charge on any atom is -0.488 e. The Morgan fingerprint density at radius 1 is 1.22 bits per heavy atom. The van der Waals surface area contributed by atoms with Crippen LogP contribution in [-0.2, 0) is 11.4 Å². The molecule has 0 aromatic heterocycles. The fourth-order valence-electron chi connectivity index (χ4n) is 2.42. The molecule has 0 radical (unpaired) electrons. The van der Waals surface area contributed by atoms with Crippen molar-refractivity contribution in [2.24, 2.45) is 4.99 Å². The third kappa shape index (κ3) is 4.69. The highest BCUT2D eigenvalue weighted by atomic mass is 79.9. The van der Waals surface area contributed by atoms with Crippen molar-refractivity contribution in [1.29, 1.82) is 0 Å². The molecule has 3 rings (SSSR count). The molecule has 0 aliphatic carbocycles. The van der Waals surface area contributed by atoms with Crippen LogP contribution in [0, 0.1) is 0 Å². The zero-order chi connectivity index (χ0) is 19.6. The first-order valence-electron chi connectivity index (χ1n) is 7.89. The molecule has 1 aliphatic rings. The Bertz CT molecular complexity index is 963. The Morgan fingerprint density at radius 2 is 2.00 bits per heavy atom. The van der Waals surface area contributed by atoms with Gasteiger partial charge in [-0.1, -0.05) is 35.3 Å². The largest absolute Gasteiger partial charge is 0.488 e. The van der Waals surface area contributed by atoms with Crippen molar-refractivity contribution in [3.63, 3.8) is 0 Å². The fraction of sp³-hybridized carbons (Fsp3) is 0.158. The van der Waals surface area contributed by atoms with Crippen LogP contribution in [0.3, 0.4) is 0 Å². The predicted molar refractivity (Wildman–Crippen MR) is 117 cm³/mol. The van der Waals surface area contributed by atoms with Crippen LogP contribution >= 0.6 is 50.9 Å². The Hall–Kier alpha value is -1.47. The van der Waals surface area contributed by atoms with Gasteiger partial charge in [0.15, 0.2) is 5.17 Å². The van der Waals surface area contributed by atoms with Crippen molar-refractivity contribution in [2.75, 3.05) is 14.1 Å². The predicted octanol–water partition coefficient (Wildman–Crippen LogP) is 5.87. The van der Waals surface area contributed by atoms with Crippen LogP contribution in [0.2, 0.25) is 10.0 Å². The minimum absolute atomic E-state index is 0.0586. The maximum Gasteiger partial charge on any atom is 0.266 e. The fourth-order valence-corrected chi connectivity index (χ4v) is 4.17. The van der Waals surface area contributed by atoms with Crippen molar-refractivity contribution < 1.29 is 9.53 Å². The van der Waals surface area contributed by atoms with E-state index in [1.165, 1.54) is 11.8 Å².